The summed E-state index contributed by atoms with van der Waals surface area (Å²) < 4.78 is 0. The highest BCUT2D eigenvalue weighted by Crippen LogP contribution is 2.29. The zero-order valence-electron chi connectivity index (χ0n) is 13.5. The first-order valence-electron chi connectivity index (χ1n) is 8.37. The van der Waals surface area contributed by atoms with Crippen molar-refractivity contribution in [1.29, 1.82) is 0 Å². The monoisotopic (exact) mass is 342 g/mol. The predicted octanol–water partition coefficient (Wildman–Crippen LogP) is -0.138. The summed E-state index contributed by atoms with van der Waals surface area (Å²) in [6.07, 6.45) is 1.27. The summed E-state index contributed by atoms with van der Waals surface area (Å²) in [6.45, 7) is 1.80. The summed E-state index contributed by atoms with van der Waals surface area (Å²) in [6, 6.07) is 4.42. The van der Waals surface area contributed by atoms with Crippen molar-refractivity contribution in [2.75, 3.05) is 18.4 Å². The Labute approximate surface area is 143 Å². The van der Waals surface area contributed by atoms with Crippen LogP contribution in [0.5, 0.6) is 0 Å². The van der Waals surface area contributed by atoms with Gasteiger partial charge >= 0.3 is 0 Å². The second-order valence-corrected chi connectivity index (χ2v) is 6.54. The fourth-order valence-electron chi connectivity index (χ4n) is 3.57. The molecule has 2 fully saturated rings. The van der Waals surface area contributed by atoms with Crippen molar-refractivity contribution < 1.29 is 19.2 Å². The molecule has 1 aromatic carbocycles. The van der Waals surface area contributed by atoms with Crippen LogP contribution in [0.1, 0.15) is 40.0 Å². The van der Waals surface area contributed by atoms with Gasteiger partial charge < -0.3 is 10.6 Å². The first kappa shape index (κ1) is 15.8. The van der Waals surface area contributed by atoms with Gasteiger partial charge in [0.25, 0.3) is 11.8 Å². The summed E-state index contributed by atoms with van der Waals surface area (Å²) in [5, 5.41) is 8.79. The molecule has 3 N–H and O–H groups in total. The number of hydrogen-bond donors (Lipinski definition) is 3. The van der Waals surface area contributed by atoms with Crippen LogP contribution in [0.25, 0.3) is 0 Å². The highest BCUT2D eigenvalue weighted by atomic mass is 16.2. The number of anilines is 1. The largest absolute Gasteiger partial charge is 0.381 e. The minimum atomic E-state index is -0.930. The van der Waals surface area contributed by atoms with E-state index in [0.29, 0.717) is 11.1 Å². The maximum Gasteiger partial charge on any atom is 0.262 e. The number of rotatable bonds is 3. The van der Waals surface area contributed by atoms with Crippen molar-refractivity contribution in [2.45, 2.75) is 31.3 Å². The Morgan fingerprint density at radius 3 is 2.56 bits per heavy atom. The summed E-state index contributed by atoms with van der Waals surface area (Å²) in [5.41, 5.74) is 1.37. The van der Waals surface area contributed by atoms with E-state index in [1.807, 2.05) is 0 Å². The Hall–Kier alpha value is -2.74. The minimum Gasteiger partial charge on any atom is -0.381 e. The van der Waals surface area contributed by atoms with Crippen molar-refractivity contribution in [3.05, 3.63) is 29.3 Å². The second-order valence-electron chi connectivity index (χ2n) is 6.54. The molecule has 3 aliphatic rings. The van der Waals surface area contributed by atoms with Crippen molar-refractivity contribution in [3.63, 3.8) is 0 Å². The van der Waals surface area contributed by atoms with Crippen LogP contribution >= 0.6 is 0 Å². The molecule has 0 spiro atoms. The average molecular weight is 342 g/mol. The van der Waals surface area contributed by atoms with Gasteiger partial charge in [0.1, 0.15) is 6.04 Å². The van der Waals surface area contributed by atoms with Gasteiger partial charge in [-0.25, -0.2) is 0 Å². The first-order chi connectivity index (χ1) is 12.0. The summed E-state index contributed by atoms with van der Waals surface area (Å²) in [5.74, 6) is -1.94. The molecule has 0 aromatic heterocycles. The standard InChI is InChI=1S/C17H18N4O4/c22-14-4-3-13(15(23)20-14)21-16(24)11-2-1-9(7-12(11)17(21)25)19-10-5-6-18-8-10/h1-2,7,10,13,18-19H,3-6,8H2,(H,20,22,23)/t10-,13?/m0/s1. The van der Waals surface area contributed by atoms with Crippen LogP contribution in [0.2, 0.25) is 0 Å². The van der Waals surface area contributed by atoms with Gasteiger partial charge in [0.15, 0.2) is 0 Å². The molecule has 130 valence electrons. The Balaban J connectivity index is 1.58. The Morgan fingerprint density at radius 2 is 1.84 bits per heavy atom. The number of nitrogens with one attached hydrogen (secondary N) is 3. The van der Waals surface area contributed by atoms with Crippen LogP contribution in [-0.4, -0.2) is 53.7 Å². The van der Waals surface area contributed by atoms with E-state index < -0.39 is 23.8 Å². The third-order valence-electron chi connectivity index (χ3n) is 4.87. The number of nitrogens with zero attached hydrogens (tertiary/aromatic N) is 1. The van der Waals surface area contributed by atoms with Crippen LogP contribution in [0.15, 0.2) is 18.2 Å². The molecule has 0 aliphatic carbocycles. The maximum absolute atomic E-state index is 12.7. The summed E-state index contributed by atoms with van der Waals surface area (Å²) >= 11 is 0. The lowest BCUT2D eigenvalue weighted by Gasteiger charge is -2.27. The van der Waals surface area contributed by atoms with Gasteiger partial charge in [0.2, 0.25) is 11.8 Å². The molecule has 25 heavy (non-hydrogen) atoms. The van der Waals surface area contributed by atoms with Gasteiger partial charge in [0, 0.05) is 24.7 Å². The smallest absolute Gasteiger partial charge is 0.262 e. The van der Waals surface area contributed by atoms with Crippen molar-refractivity contribution in [2.24, 2.45) is 0 Å². The van der Waals surface area contributed by atoms with Crippen molar-refractivity contribution >= 4 is 29.3 Å². The van der Waals surface area contributed by atoms with Crippen molar-refractivity contribution in [3.8, 4) is 0 Å². The topological polar surface area (TPSA) is 108 Å². The molecule has 2 atom stereocenters. The van der Waals surface area contributed by atoms with Crippen LogP contribution in [-0.2, 0) is 9.59 Å². The third kappa shape index (κ3) is 2.68. The predicted molar refractivity (Wildman–Crippen MR) is 88.0 cm³/mol. The molecule has 8 nitrogen and oxygen atoms in total. The van der Waals surface area contributed by atoms with Crippen molar-refractivity contribution in [1.82, 2.24) is 15.5 Å². The quantitative estimate of drug-likeness (QED) is 0.660. The zero-order valence-corrected chi connectivity index (χ0v) is 13.5. The molecule has 1 unspecified atom stereocenters. The van der Waals surface area contributed by atoms with E-state index in [0.717, 1.165) is 30.1 Å². The first-order valence-corrected chi connectivity index (χ1v) is 8.37. The molecule has 3 aliphatic heterocycles. The lowest BCUT2D eigenvalue weighted by Crippen LogP contribution is -2.54. The highest BCUT2D eigenvalue weighted by Gasteiger charge is 2.44. The molecular weight excluding hydrogens is 324 g/mol. The van der Waals surface area contributed by atoms with Gasteiger partial charge in [-0.2, -0.15) is 0 Å². The number of amides is 4. The summed E-state index contributed by atoms with van der Waals surface area (Å²) in [4.78, 5) is 49.6. The molecule has 8 heteroatoms. The maximum atomic E-state index is 12.7. The zero-order chi connectivity index (χ0) is 17.6. The highest BCUT2D eigenvalue weighted by molar-refractivity contribution is 6.23. The van der Waals surface area contributed by atoms with E-state index in [2.05, 4.69) is 16.0 Å². The van der Waals surface area contributed by atoms with E-state index >= 15 is 0 Å². The van der Waals surface area contributed by atoms with Gasteiger partial charge in [0.05, 0.1) is 11.1 Å². The van der Waals surface area contributed by atoms with Gasteiger partial charge in [-0.15, -0.1) is 0 Å². The molecule has 4 amide bonds. The number of imide groups is 2. The van der Waals surface area contributed by atoms with E-state index in [1.54, 1.807) is 18.2 Å². The van der Waals surface area contributed by atoms with Crippen LogP contribution < -0.4 is 16.0 Å². The lowest BCUT2D eigenvalue weighted by atomic mass is 10.0. The fourth-order valence-corrected chi connectivity index (χ4v) is 3.57. The van der Waals surface area contributed by atoms with E-state index in [-0.39, 0.29) is 24.8 Å². The molecule has 3 heterocycles. The van der Waals surface area contributed by atoms with Gasteiger partial charge in [-0.1, -0.05) is 0 Å². The Morgan fingerprint density at radius 1 is 1.04 bits per heavy atom. The summed E-state index contributed by atoms with van der Waals surface area (Å²) in [7, 11) is 0. The number of benzene rings is 1. The fraction of sp³-hybridized carbons (Fsp3) is 0.412. The molecule has 1 aromatic rings. The number of hydrogen-bond acceptors (Lipinski definition) is 6. The van der Waals surface area contributed by atoms with E-state index in [9.17, 15) is 19.2 Å². The van der Waals surface area contributed by atoms with Crippen LogP contribution in [0, 0.1) is 0 Å². The SMILES string of the molecule is O=C1CCC(N2C(=O)c3ccc(N[C@H]4CCNC4)cc3C2=O)C(=O)N1. The Kier molecular flexibility index (Phi) is 3.76. The minimum absolute atomic E-state index is 0.116. The van der Waals surface area contributed by atoms with Gasteiger partial charge in [-0.05, 0) is 37.6 Å². The van der Waals surface area contributed by atoms with E-state index in [4.69, 9.17) is 0 Å². The molecule has 0 saturated carbocycles. The number of piperidine rings is 1. The van der Waals surface area contributed by atoms with Crippen LogP contribution in [0.4, 0.5) is 5.69 Å². The molecule has 0 bridgehead atoms. The number of fused-ring (bicyclic) bond motifs is 1. The average Bonchev–Trinajstić information content (AvgIpc) is 3.17. The van der Waals surface area contributed by atoms with E-state index in [1.165, 1.54) is 0 Å². The second kappa shape index (κ2) is 5.96. The molecule has 0 radical (unpaired) electrons. The molecular formula is C17H18N4O4. The Bertz CT molecular complexity index is 785. The number of carbonyl (C=O) groups is 4. The molecule has 2 saturated heterocycles. The third-order valence-corrected chi connectivity index (χ3v) is 4.87. The van der Waals surface area contributed by atoms with Gasteiger partial charge in [-0.3, -0.25) is 29.4 Å². The number of carbonyl (C=O) groups excluding carboxylic acids is 4. The normalized spacial score (nSPS) is 26.0. The molecule has 4 rings (SSSR count). The van der Waals surface area contributed by atoms with Crippen LogP contribution in [0.3, 0.4) is 0 Å². The lowest BCUT2D eigenvalue weighted by molar-refractivity contribution is -0.136.